The first kappa shape index (κ1) is 17.8. The molecule has 2 aromatic carbocycles. The minimum atomic E-state index is -5.04. The van der Waals surface area contributed by atoms with Crippen LogP contribution in [0.5, 0.6) is 0 Å². The molecular formula is C14H4F9NS. The Morgan fingerprint density at radius 1 is 0.720 bits per heavy atom. The molecule has 0 aliphatic carbocycles. The van der Waals surface area contributed by atoms with Crippen molar-refractivity contribution in [2.45, 2.75) is 18.5 Å². The van der Waals surface area contributed by atoms with Crippen LogP contribution in [0.2, 0.25) is 0 Å². The third-order valence-corrected chi connectivity index (χ3v) is 4.42. The number of alkyl halides is 9. The third kappa shape index (κ3) is 3.12. The molecule has 0 amide bonds. The Morgan fingerprint density at radius 2 is 1.36 bits per heavy atom. The Bertz CT molecular complexity index is 963. The zero-order valence-electron chi connectivity index (χ0n) is 11.6. The predicted octanol–water partition coefficient (Wildman–Crippen LogP) is 6.51. The van der Waals surface area contributed by atoms with Crippen LogP contribution < -0.4 is 0 Å². The van der Waals surface area contributed by atoms with Crippen molar-refractivity contribution in [1.29, 1.82) is 0 Å². The van der Waals surface area contributed by atoms with Gasteiger partial charge >= 0.3 is 18.5 Å². The molecule has 0 saturated carbocycles. The molecule has 0 unspecified atom stereocenters. The highest BCUT2D eigenvalue weighted by molar-refractivity contribution is 7.18. The maximum Gasteiger partial charge on any atom is 0.443 e. The van der Waals surface area contributed by atoms with Gasteiger partial charge in [0.05, 0.1) is 21.3 Å². The smallest absolute Gasteiger partial charge is 0.231 e. The Hall–Kier alpha value is -2.04. The van der Waals surface area contributed by atoms with Crippen LogP contribution in [-0.4, -0.2) is 4.98 Å². The highest BCUT2D eigenvalue weighted by atomic mass is 32.1. The van der Waals surface area contributed by atoms with E-state index < -0.39 is 55.7 Å². The first-order chi connectivity index (χ1) is 11.3. The fourth-order valence-corrected chi connectivity index (χ4v) is 3.23. The SMILES string of the molecule is FC(F)(F)c1ccc2c(c1)c(C(F)(F)F)cc1sc(C(F)(F)F)nc12. The van der Waals surface area contributed by atoms with Crippen molar-refractivity contribution < 1.29 is 39.5 Å². The van der Waals surface area contributed by atoms with Crippen LogP contribution in [0.4, 0.5) is 39.5 Å². The molecule has 11 heteroatoms. The molecule has 0 spiro atoms. The Labute approximate surface area is 136 Å². The summed E-state index contributed by atoms with van der Waals surface area (Å²) in [6, 6.07) is 1.87. The molecule has 3 aromatic rings. The topological polar surface area (TPSA) is 12.9 Å². The number of hydrogen-bond donors (Lipinski definition) is 0. The van der Waals surface area contributed by atoms with E-state index in [9.17, 15) is 39.5 Å². The van der Waals surface area contributed by atoms with Crippen molar-refractivity contribution in [2.24, 2.45) is 0 Å². The van der Waals surface area contributed by atoms with E-state index in [1.807, 2.05) is 0 Å². The number of aromatic nitrogens is 1. The number of rotatable bonds is 0. The van der Waals surface area contributed by atoms with Gasteiger partial charge in [0.15, 0.2) is 5.01 Å². The summed E-state index contributed by atoms with van der Waals surface area (Å²) in [5.74, 6) is 0. The van der Waals surface area contributed by atoms with E-state index in [1.54, 1.807) is 0 Å². The van der Waals surface area contributed by atoms with Crippen molar-refractivity contribution in [1.82, 2.24) is 4.98 Å². The minimum Gasteiger partial charge on any atom is -0.231 e. The quantitative estimate of drug-likeness (QED) is 0.400. The molecule has 0 radical (unpaired) electrons. The molecule has 3 rings (SSSR count). The van der Waals surface area contributed by atoms with Crippen molar-refractivity contribution in [2.75, 3.05) is 0 Å². The fraction of sp³-hybridized carbons (Fsp3) is 0.214. The first-order valence-electron chi connectivity index (χ1n) is 6.37. The zero-order valence-corrected chi connectivity index (χ0v) is 12.4. The fourth-order valence-electron chi connectivity index (χ4n) is 2.34. The molecule has 1 aromatic heterocycles. The van der Waals surface area contributed by atoms with Crippen LogP contribution >= 0.6 is 11.3 Å². The Morgan fingerprint density at radius 3 is 1.88 bits per heavy atom. The number of hydrogen-bond acceptors (Lipinski definition) is 2. The zero-order chi connectivity index (χ0) is 18.8. The maximum absolute atomic E-state index is 13.2. The van der Waals surface area contributed by atoms with E-state index in [2.05, 4.69) is 4.98 Å². The summed E-state index contributed by atoms with van der Waals surface area (Å²) in [5, 5.41) is -2.65. The minimum absolute atomic E-state index is 0.000741. The summed E-state index contributed by atoms with van der Waals surface area (Å²) in [7, 11) is 0. The van der Waals surface area contributed by atoms with Gasteiger partial charge in [0.1, 0.15) is 0 Å². The molecule has 134 valence electrons. The summed E-state index contributed by atoms with van der Waals surface area (Å²) < 4.78 is 116. The molecule has 1 nitrogen and oxygen atoms in total. The summed E-state index contributed by atoms with van der Waals surface area (Å²) in [6.07, 6.45) is -14.8. The van der Waals surface area contributed by atoms with E-state index in [-0.39, 0.29) is 17.4 Å². The van der Waals surface area contributed by atoms with Crippen LogP contribution in [0.3, 0.4) is 0 Å². The van der Waals surface area contributed by atoms with Crippen molar-refractivity contribution in [3.63, 3.8) is 0 Å². The van der Waals surface area contributed by atoms with E-state index in [0.717, 1.165) is 0 Å². The largest absolute Gasteiger partial charge is 0.443 e. The van der Waals surface area contributed by atoms with E-state index in [1.165, 1.54) is 0 Å². The van der Waals surface area contributed by atoms with Gasteiger partial charge in [0.2, 0.25) is 0 Å². The summed E-state index contributed by atoms with van der Waals surface area (Å²) in [6.45, 7) is 0. The van der Waals surface area contributed by atoms with Gasteiger partial charge in [-0.3, -0.25) is 0 Å². The number of fused-ring (bicyclic) bond motifs is 3. The highest BCUT2D eigenvalue weighted by Gasteiger charge is 2.38. The van der Waals surface area contributed by atoms with E-state index >= 15 is 0 Å². The number of benzene rings is 2. The Kier molecular flexibility index (Phi) is 3.72. The molecule has 0 aliphatic rings. The van der Waals surface area contributed by atoms with Gasteiger partial charge in [0, 0.05) is 5.39 Å². The van der Waals surface area contributed by atoms with Crippen LogP contribution in [0, 0.1) is 0 Å². The molecule has 0 bridgehead atoms. The lowest BCUT2D eigenvalue weighted by Gasteiger charge is -2.13. The second-order valence-corrected chi connectivity index (χ2v) is 6.07. The van der Waals surface area contributed by atoms with Gasteiger partial charge in [-0.2, -0.15) is 39.5 Å². The van der Waals surface area contributed by atoms with Gasteiger partial charge in [-0.15, -0.1) is 11.3 Å². The highest BCUT2D eigenvalue weighted by Crippen LogP contribution is 2.44. The molecular weight excluding hydrogens is 385 g/mol. The standard InChI is InChI=1S/C14H4F9NS/c15-12(16,17)5-1-2-6-7(3-5)8(13(18,19)20)4-9-10(6)24-11(25-9)14(21,22)23/h1-4H. The van der Waals surface area contributed by atoms with Gasteiger partial charge < -0.3 is 0 Å². The Balaban J connectivity index is 2.44. The van der Waals surface area contributed by atoms with Crippen molar-refractivity contribution >= 4 is 32.3 Å². The maximum atomic E-state index is 13.2. The van der Waals surface area contributed by atoms with Crippen molar-refractivity contribution in [3.05, 3.63) is 40.4 Å². The van der Waals surface area contributed by atoms with E-state index in [0.29, 0.717) is 18.2 Å². The van der Waals surface area contributed by atoms with Gasteiger partial charge in [-0.1, -0.05) is 6.07 Å². The second kappa shape index (κ2) is 5.23. The number of halogens is 9. The lowest BCUT2D eigenvalue weighted by atomic mass is 10.0. The second-order valence-electron chi connectivity index (χ2n) is 5.04. The lowest BCUT2D eigenvalue weighted by molar-refractivity contribution is -0.139. The number of thiazole rings is 1. The first-order valence-corrected chi connectivity index (χ1v) is 7.19. The van der Waals surface area contributed by atoms with Gasteiger partial charge in [0.25, 0.3) is 0 Å². The lowest BCUT2D eigenvalue weighted by Crippen LogP contribution is -2.08. The van der Waals surface area contributed by atoms with Gasteiger partial charge in [-0.05, 0) is 23.6 Å². The van der Waals surface area contributed by atoms with E-state index in [4.69, 9.17) is 0 Å². The van der Waals surface area contributed by atoms with Crippen LogP contribution in [0.25, 0.3) is 21.0 Å². The molecule has 0 saturated heterocycles. The van der Waals surface area contributed by atoms with Crippen LogP contribution in [0.15, 0.2) is 24.3 Å². The van der Waals surface area contributed by atoms with Crippen molar-refractivity contribution in [3.8, 4) is 0 Å². The average Bonchev–Trinajstić information content (AvgIpc) is 2.88. The molecule has 0 aliphatic heterocycles. The normalized spacial score (nSPS) is 13.8. The summed E-state index contributed by atoms with van der Waals surface area (Å²) >= 11 is 0.000741. The molecule has 0 N–H and O–H groups in total. The monoisotopic (exact) mass is 389 g/mol. The van der Waals surface area contributed by atoms with Crippen LogP contribution in [0.1, 0.15) is 16.1 Å². The summed E-state index contributed by atoms with van der Waals surface area (Å²) in [4.78, 5) is 3.27. The predicted molar refractivity (Wildman–Crippen MR) is 72.1 cm³/mol. The molecule has 0 fully saturated rings. The molecule has 25 heavy (non-hydrogen) atoms. The summed E-state index contributed by atoms with van der Waals surface area (Å²) in [5.41, 5.74) is -3.20. The van der Waals surface area contributed by atoms with Crippen LogP contribution in [-0.2, 0) is 18.5 Å². The number of nitrogens with zero attached hydrogens (tertiary/aromatic N) is 1. The molecule has 0 atom stereocenters. The molecule has 1 heterocycles. The average molecular weight is 389 g/mol. The third-order valence-electron chi connectivity index (χ3n) is 3.37. The van der Waals surface area contributed by atoms with Gasteiger partial charge in [-0.25, -0.2) is 4.98 Å².